The lowest BCUT2D eigenvalue weighted by atomic mass is 9.94. The van der Waals surface area contributed by atoms with Crippen molar-refractivity contribution < 1.29 is 27.8 Å². The van der Waals surface area contributed by atoms with Crippen molar-refractivity contribution in [2.24, 2.45) is 0 Å². The molecule has 0 radical (unpaired) electrons. The highest BCUT2D eigenvalue weighted by Crippen LogP contribution is 2.35. The van der Waals surface area contributed by atoms with Crippen LogP contribution >= 0.6 is 0 Å². The van der Waals surface area contributed by atoms with E-state index in [0.717, 1.165) is 0 Å². The van der Waals surface area contributed by atoms with E-state index in [2.05, 4.69) is 15.4 Å². The van der Waals surface area contributed by atoms with Gasteiger partial charge in [-0.1, -0.05) is 6.07 Å². The number of nitrogens with one attached hydrogen (secondary N) is 2. The Bertz CT molecular complexity index is 764. The first-order valence-corrected chi connectivity index (χ1v) is 9.11. The Morgan fingerprint density at radius 1 is 1.21 bits per heavy atom. The normalized spacial score (nSPS) is 16.5. The van der Waals surface area contributed by atoms with Gasteiger partial charge in [-0.15, -0.1) is 0 Å². The van der Waals surface area contributed by atoms with Crippen LogP contribution in [0.25, 0.3) is 0 Å². The molecule has 7 nitrogen and oxygen atoms in total. The third-order valence-electron chi connectivity index (χ3n) is 4.37. The van der Waals surface area contributed by atoms with Crippen LogP contribution in [0.2, 0.25) is 0 Å². The molecule has 9 heteroatoms. The summed E-state index contributed by atoms with van der Waals surface area (Å²) in [6.45, 7) is 5.36. The van der Waals surface area contributed by atoms with E-state index < -0.39 is 18.7 Å². The molecule has 2 N–H and O–H groups in total. The number of halogens is 2. The number of ether oxygens (including phenoxy) is 2. The smallest absolute Gasteiger partial charge is 0.387 e. The highest BCUT2D eigenvalue weighted by Gasteiger charge is 2.33. The molecule has 1 aliphatic heterocycles. The lowest BCUT2D eigenvalue weighted by Crippen LogP contribution is -2.47. The van der Waals surface area contributed by atoms with Gasteiger partial charge in [0, 0.05) is 18.8 Å². The first-order valence-electron chi connectivity index (χ1n) is 9.11. The van der Waals surface area contributed by atoms with Crippen LogP contribution in [0.15, 0.2) is 29.5 Å². The molecule has 1 heterocycles. The van der Waals surface area contributed by atoms with Crippen LogP contribution in [0.1, 0.15) is 39.3 Å². The van der Waals surface area contributed by atoms with Gasteiger partial charge >= 0.3 is 12.6 Å². The molecule has 1 aliphatic rings. The van der Waals surface area contributed by atoms with Crippen molar-refractivity contribution in [1.29, 1.82) is 0 Å². The Labute approximate surface area is 162 Å². The van der Waals surface area contributed by atoms with Crippen LogP contribution in [0.4, 0.5) is 13.6 Å². The molecule has 2 rings (SSSR count). The van der Waals surface area contributed by atoms with Crippen molar-refractivity contribution in [1.82, 2.24) is 15.5 Å². The second kappa shape index (κ2) is 9.38. The Morgan fingerprint density at radius 2 is 1.89 bits per heavy atom. The molecule has 3 amide bonds. The second-order valence-corrected chi connectivity index (χ2v) is 6.07. The fourth-order valence-corrected chi connectivity index (χ4v) is 3.07. The minimum atomic E-state index is -2.99. The number of rotatable bonds is 8. The van der Waals surface area contributed by atoms with Gasteiger partial charge < -0.3 is 25.0 Å². The predicted molar refractivity (Wildman–Crippen MR) is 99.3 cm³/mol. The van der Waals surface area contributed by atoms with Crippen LogP contribution in [-0.2, 0) is 4.79 Å². The van der Waals surface area contributed by atoms with Crippen molar-refractivity contribution in [3.8, 4) is 11.5 Å². The van der Waals surface area contributed by atoms with Gasteiger partial charge in [0.2, 0.25) is 0 Å². The Balaban J connectivity index is 2.50. The number of hydrogen-bond acceptors (Lipinski definition) is 4. The minimum Gasteiger partial charge on any atom is -0.490 e. The van der Waals surface area contributed by atoms with Crippen LogP contribution in [-0.4, -0.2) is 43.1 Å². The van der Waals surface area contributed by atoms with E-state index >= 15 is 0 Å². The molecule has 0 saturated carbocycles. The van der Waals surface area contributed by atoms with Crippen molar-refractivity contribution in [2.45, 2.75) is 40.3 Å². The summed E-state index contributed by atoms with van der Waals surface area (Å²) in [5.41, 5.74) is 1.35. The van der Waals surface area contributed by atoms with E-state index in [1.54, 1.807) is 18.7 Å². The maximum absolute atomic E-state index is 13.0. The molecular weight excluding hydrogens is 372 g/mol. The number of carbonyl (C=O) groups excluding carboxylic acids is 2. The van der Waals surface area contributed by atoms with Crippen molar-refractivity contribution in [2.75, 3.05) is 19.7 Å². The zero-order valence-corrected chi connectivity index (χ0v) is 16.3. The molecule has 0 saturated heterocycles. The minimum absolute atomic E-state index is 0.111. The molecule has 0 bridgehead atoms. The zero-order valence-electron chi connectivity index (χ0n) is 16.3. The van der Waals surface area contributed by atoms with Gasteiger partial charge in [-0.3, -0.25) is 4.79 Å². The second-order valence-electron chi connectivity index (χ2n) is 6.07. The number of likely N-dealkylation sites (N-methyl/N-ethyl adjacent to an activating group) is 1. The number of nitrogens with zero attached hydrogens (tertiary/aromatic N) is 1. The number of urea groups is 1. The summed E-state index contributed by atoms with van der Waals surface area (Å²) >= 11 is 0. The summed E-state index contributed by atoms with van der Waals surface area (Å²) in [6, 6.07) is 3.17. The summed E-state index contributed by atoms with van der Waals surface area (Å²) in [7, 11) is 0. The highest BCUT2D eigenvalue weighted by atomic mass is 19.3. The van der Waals surface area contributed by atoms with Gasteiger partial charge in [0.15, 0.2) is 11.5 Å². The molecule has 0 spiro atoms. The average Bonchev–Trinajstić information content (AvgIpc) is 2.63. The lowest BCUT2D eigenvalue weighted by Gasteiger charge is -2.32. The molecule has 1 aromatic carbocycles. The molecule has 0 aromatic heterocycles. The van der Waals surface area contributed by atoms with E-state index in [1.165, 1.54) is 18.2 Å². The van der Waals surface area contributed by atoms with Crippen LogP contribution in [0, 0.1) is 0 Å². The lowest BCUT2D eigenvalue weighted by molar-refractivity contribution is -0.127. The van der Waals surface area contributed by atoms with Crippen molar-refractivity contribution >= 4 is 11.9 Å². The number of alkyl halides is 2. The maximum Gasteiger partial charge on any atom is 0.387 e. The summed E-state index contributed by atoms with van der Waals surface area (Å²) in [5, 5.41) is 5.34. The number of benzene rings is 1. The Hall–Kier alpha value is -2.84. The Kier molecular flexibility index (Phi) is 7.19. The standard InChI is InChI=1S/C19H25F2N3O4/c1-5-24(6-2)17(25)15-11(4)22-19(26)23-16(15)12-8-9-13(28-18(20)21)14(10-12)27-7-3/h8-10,16,18H,5-7H2,1-4H3,(H2,22,23,26)/t16-/m1/s1. The number of amides is 3. The molecule has 154 valence electrons. The van der Waals surface area contributed by atoms with Gasteiger partial charge in [0.05, 0.1) is 18.2 Å². The average molecular weight is 397 g/mol. The monoisotopic (exact) mass is 397 g/mol. The summed E-state index contributed by atoms with van der Waals surface area (Å²) < 4.78 is 35.2. The number of allylic oxidation sites excluding steroid dienone is 1. The van der Waals surface area contributed by atoms with E-state index in [4.69, 9.17) is 4.74 Å². The maximum atomic E-state index is 13.0. The SMILES string of the molecule is CCOc1cc([C@H]2NC(=O)NC(C)=C2C(=O)N(CC)CC)ccc1OC(F)F. The number of hydrogen-bond donors (Lipinski definition) is 2. The number of carbonyl (C=O) groups is 2. The van der Waals surface area contributed by atoms with Crippen molar-refractivity contribution in [3.63, 3.8) is 0 Å². The van der Waals surface area contributed by atoms with Gasteiger partial charge in [-0.25, -0.2) is 4.79 Å². The van der Waals surface area contributed by atoms with E-state index in [9.17, 15) is 18.4 Å². The summed E-state index contributed by atoms with van der Waals surface area (Å²) in [6.07, 6.45) is 0. The topological polar surface area (TPSA) is 79.9 Å². The van der Waals surface area contributed by atoms with Crippen LogP contribution in [0.5, 0.6) is 11.5 Å². The molecule has 28 heavy (non-hydrogen) atoms. The molecule has 0 aliphatic carbocycles. The van der Waals surface area contributed by atoms with Gasteiger partial charge in [0.1, 0.15) is 0 Å². The van der Waals surface area contributed by atoms with Crippen LogP contribution in [0.3, 0.4) is 0 Å². The largest absolute Gasteiger partial charge is 0.490 e. The first kappa shape index (κ1) is 21.5. The van der Waals surface area contributed by atoms with E-state index in [1.807, 2.05) is 13.8 Å². The zero-order chi connectivity index (χ0) is 20.8. The summed E-state index contributed by atoms with van der Waals surface area (Å²) in [5.74, 6) is -0.218. The molecule has 1 atom stereocenters. The molecule has 0 fully saturated rings. The first-order chi connectivity index (χ1) is 13.3. The fourth-order valence-electron chi connectivity index (χ4n) is 3.07. The van der Waals surface area contributed by atoms with Crippen molar-refractivity contribution in [3.05, 3.63) is 35.0 Å². The van der Waals surface area contributed by atoms with Gasteiger partial charge in [0.25, 0.3) is 5.91 Å². The van der Waals surface area contributed by atoms with Gasteiger partial charge in [-0.2, -0.15) is 8.78 Å². The predicted octanol–water partition coefficient (Wildman–Crippen LogP) is 3.18. The quantitative estimate of drug-likeness (QED) is 0.706. The fraction of sp³-hybridized carbons (Fsp3) is 0.474. The van der Waals surface area contributed by atoms with Crippen LogP contribution < -0.4 is 20.1 Å². The Morgan fingerprint density at radius 3 is 2.46 bits per heavy atom. The third-order valence-corrected chi connectivity index (χ3v) is 4.37. The highest BCUT2D eigenvalue weighted by molar-refractivity contribution is 5.98. The van der Waals surface area contributed by atoms with Gasteiger partial charge in [-0.05, 0) is 45.4 Å². The molecule has 0 unspecified atom stereocenters. The van der Waals surface area contributed by atoms with E-state index in [-0.39, 0.29) is 24.0 Å². The summed E-state index contributed by atoms with van der Waals surface area (Å²) in [4.78, 5) is 26.7. The third kappa shape index (κ3) is 4.71. The van der Waals surface area contributed by atoms with E-state index in [0.29, 0.717) is 29.9 Å². The molecule has 1 aromatic rings. The molecular formula is C19H25F2N3O4.